The number of amides is 1. The SMILES string of the molecule is CCN(CC(=O)O)C1CC(NC(=O)CCc2ccc(C)cc2C)C1. The predicted molar refractivity (Wildman–Crippen MR) is 94.1 cm³/mol. The summed E-state index contributed by atoms with van der Waals surface area (Å²) in [5, 5.41) is 12.0. The average molecular weight is 332 g/mol. The Morgan fingerprint density at radius 3 is 2.58 bits per heavy atom. The second kappa shape index (κ2) is 8.29. The average Bonchev–Trinajstić information content (AvgIpc) is 2.47. The van der Waals surface area contributed by atoms with Crippen LogP contribution in [0.5, 0.6) is 0 Å². The number of likely N-dealkylation sites (N-methyl/N-ethyl adjacent to an activating group) is 1. The molecular formula is C19H28N2O3. The van der Waals surface area contributed by atoms with E-state index in [-0.39, 0.29) is 24.5 Å². The van der Waals surface area contributed by atoms with Crippen molar-refractivity contribution < 1.29 is 14.7 Å². The Hall–Kier alpha value is -1.88. The van der Waals surface area contributed by atoms with Crippen molar-refractivity contribution >= 4 is 11.9 Å². The summed E-state index contributed by atoms with van der Waals surface area (Å²) in [5.74, 6) is -0.711. The Labute approximate surface area is 144 Å². The molecule has 0 spiro atoms. The van der Waals surface area contributed by atoms with E-state index in [2.05, 4.69) is 37.4 Å². The molecule has 0 aromatic heterocycles. The smallest absolute Gasteiger partial charge is 0.317 e. The third-order valence-corrected chi connectivity index (χ3v) is 4.86. The van der Waals surface area contributed by atoms with E-state index in [0.717, 1.165) is 25.8 Å². The molecule has 0 saturated heterocycles. The molecule has 1 saturated carbocycles. The molecule has 0 heterocycles. The van der Waals surface area contributed by atoms with Crippen LogP contribution in [0.15, 0.2) is 18.2 Å². The van der Waals surface area contributed by atoms with Crippen LogP contribution in [0.3, 0.4) is 0 Å². The standard InChI is InChI=1S/C19H28N2O3/c1-4-21(12-19(23)24)17-10-16(11-17)20-18(22)8-7-15-6-5-13(2)9-14(15)3/h5-6,9,16-17H,4,7-8,10-12H2,1-3H3,(H,20,22)(H,23,24). The maximum atomic E-state index is 12.1. The molecule has 24 heavy (non-hydrogen) atoms. The van der Waals surface area contributed by atoms with E-state index in [1.807, 2.05) is 11.8 Å². The number of hydrogen-bond acceptors (Lipinski definition) is 3. The third-order valence-electron chi connectivity index (χ3n) is 4.86. The number of aliphatic carboxylic acids is 1. The van der Waals surface area contributed by atoms with Gasteiger partial charge in [0.05, 0.1) is 6.54 Å². The second-order valence-electron chi connectivity index (χ2n) is 6.78. The summed E-state index contributed by atoms with van der Waals surface area (Å²) in [5.41, 5.74) is 3.70. The molecule has 5 heteroatoms. The number of carboxylic acid groups (broad SMARTS) is 1. The zero-order chi connectivity index (χ0) is 17.7. The molecule has 0 aliphatic heterocycles. The maximum Gasteiger partial charge on any atom is 0.317 e. The zero-order valence-corrected chi connectivity index (χ0v) is 14.8. The lowest BCUT2D eigenvalue weighted by molar-refractivity contribution is -0.139. The number of rotatable bonds is 8. The molecule has 1 aromatic carbocycles. The van der Waals surface area contributed by atoms with Crippen molar-refractivity contribution in [2.45, 2.75) is 58.5 Å². The minimum absolute atomic E-state index is 0.0779. The van der Waals surface area contributed by atoms with Crippen LogP contribution in [0.1, 0.15) is 42.9 Å². The molecule has 2 rings (SSSR count). The first-order valence-corrected chi connectivity index (χ1v) is 8.70. The fourth-order valence-corrected chi connectivity index (χ4v) is 3.35. The quantitative estimate of drug-likeness (QED) is 0.766. The van der Waals surface area contributed by atoms with Crippen molar-refractivity contribution in [3.8, 4) is 0 Å². The molecule has 2 N–H and O–H groups in total. The van der Waals surface area contributed by atoms with Gasteiger partial charge in [-0.25, -0.2) is 0 Å². The number of nitrogens with zero attached hydrogens (tertiary/aromatic N) is 1. The van der Waals surface area contributed by atoms with E-state index in [1.54, 1.807) is 0 Å². The molecule has 1 aromatic rings. The Balaban J connectivity index is 1.72. The van der Waals surface area contributed by atoms with Gasteiger partial charge in [-0.05, 0) is 50.8 Å². The van der Waals surface area contributed by atoms with E-state index in [1.165, 1.54) is 16.7 Å². The summed E-state index contributed by atoms with van der Waals surface area (Å²) in [6, 6.07) is 6.78. The molecule has 1 amide bonds. The van der Waals surface area contributed by atoms with Crippen molar-refractivity contribution in [1.82, 2.24) is 10.2 Å². The van der Waals surface area contributed by atoms with Gasteiger partial charge in [-0.1, -0.05) is 30.7 Å². The number of carboxylic acids is 1. The highest BCUT2D eigenvalue weighted by atomic mass is 16.4. The van der Waals surface area contributed by atoms with Crippen molar-refractivity contribution in [3.05, 3.63) is 34.9 Å². The number of benzene rings is 1. The van der Waals surface area contributed by atoms with Crippen molar-refractivity contribution in [2.75, 3.05) is 13.1 Å². The molecule has 132 valence electrons. The molecular weight excluding hydrogens is 304 g/mol. The van der Waals surface area contributed by atoms with Gasteiger partial charge < -0.3 is 10.4 Å². The van der Waals surface area contributed by atoms with E-state index in [4.69, 9.17) is 5.11 Å². The molecule has 1 fully saturated rings. The number of carbonyl (C=O) groups excluding carboxylic acids is 1. The van der Waals surface area contributed by atoms with Gasteiger partial charge in [0.25, 0.3) is 0 Å². The van der Waals surface area contributed by atoms with Gasteiger partial charge in [-0.2, -0.15) is 0 Å². The lowest BCUT2D eigenvalue weighted by Gasteiger charge is -2.42. The number of hydrogen-bond donors (Lipinski definition) is 2. The third kappa shape index (κ3) is 5.06. The minimum Gasteiger partial charge on any atom is -0.480 e. The van der Waals surface area contributed by atoms with Crippen molar-refractivity contribution in [2.24, 2.45) is 0 Å². The van der Waals surface area contributed by atoms with Gasteiger partial charge in [-0.15, -0.1) is 0 Å². The highest BCUT2D eigenvalue weighted by Crippen LogP contribution is 2.25. The monoisotopic (exact) mass is 332 g/mol. The van der Waals surface area contributed by atoms with E-state index in [0.29, 0.717) is 6.42 Å². The van der Waals surface area contributed by atoms with Crippen LogP contribution in [0.4, 0.5) is 0 Å². The lowest BCUT2D eigenvalue weighted by Crippen LogP contribution is -2.54. The summed E-state index contributed by atoms with van der Waals surface area (Å²) in [7, 11) is 0. The van der Waals surface area contributed by atoms with Gasteiger partial charge in [0.2, 0.25) is 5.91 Å². The molecule has 1 aliphatic rings. The van der Waals surface area contributed by atoms with Crippen LogP contribution in [0.2, 0.25) is 0 Å². The topological polar surface area (TPSA) is 69.6 Å². The summed E-state index contributed by atoms with van der Waals surface area (Å²) < 4.78 is 0. The summed E-state index contributed by atoms with van der Waals surface area (Å²) in [6.07, 6.45) is 2.94. The van der Waals surface area contributed by atoms with Gasteiger partial charge in [0, 0.05) is 18.5 Å². The minimum atomic E-state index is -0.794. The number of aryl methyl sites for hydroxylation is 3. The van der Waals surface area contributed by atoms with Crippen LogP contribution < -0.4 is 5.32 Å². The summed E-state index contributed by atoms with van der Waals surface area (Å²) >= 11 is 0. The van der Waals surface area contributed by atoms with E-state index < -0.39 is 5.97 Å². The number of nitrogens with one attached hydrogen (secondary N) is 1. The zero-order valence-electron chi connectivity index (χ0n) is 14.8. The first kappa shape index (κ1) is 18.5. The van der Waals surface area contributed by atoms with Crippen LogP contribution in [0.25, 0.3) is 0 Å². The Morgan fingerprint density at radius 1 is 1.29 bits per heavy atom. The molecule has 0 unspecified atom stereocenters. The lowest BCUT2D eigenvalue weighted by atomic mass is 9.85. The molecule has 0 bridgehead atoms. The molecule has 5 nitrogen and oxygen atoms in total. The first-order valence-electron chi connectivity index (χ1n) is 8.70. The highest BCUT2D eigenvalue weighted by Gasteiger charge is 2.34. The van der Waals surface area contributed by atoms with Crippen LogP contribution in [0, 0.1) is 13.8 Å². The second-order valence-corrected chi connectivity index (χ2v) is 6.78. The molecule has 1 aliphatic carbocycles. The van der Waals surface area contributed by atoms with Crippen LogP contribution >= 0.6 is 0 Å². The largest absolute Gasteiger partial charge is 0.480 e. The Bertz CT molecular complexity index is 594. The van der Waals surface area contributed by atoms with E-state index in [9.17, 15) is 9.59 Å². The molecule has 0 atom stereocenters. The molecule has 0 radical (unpaired) electrons. The van der Waals surface area contributed by atoms with Crippen LogP contribution in [-0.2, 0) is 16.0 Å². The van der Waals surface area contributed by atoms with Crippen molar-refractivity contribution in [1.29, 1.82) is 0 Å². The summed E-state index contributed by atoms with van der Waals surface area (Å²) in [6.45, 7) is 6.93. The predicted octanol–water partition coefficient (Wildman–Crippen LogP) is 2.29. The summed E-state index contributed by atoms with van der Waals surface area (Å²) in [4.78, 5) is 24.9. The van der Waals surface area contributed by atoms with E-state index >= 15 is 0 Å². The van der Waals surface area contributed by atoms with Crippen LogP contribution in [-0.4, -0.2) is 47.1 Å². The van der Waals surface area contributed by atoms with Crippen molar-refractivity contribution in [3.63, 3.8) is 0 Å². The van der Waals surface area contributed by atoms with Gasteiger partial charge in [0.1, 0.15) is 0 Å². The van der Waals surface area contributed by atoms with Gasteiger partial charge >= 0.3 is 5.97 Å². The Morgan fingerprint density at radius 2 is 2.00 bits per heavy atom. The normalized spacial score (nSPS) is 19.8. The fourth-order valence-electron chi connectivity index (χ4n) is 3.35. The van der Waals surface area contributed by atoms with Gasteiger partial charge in [0.15, 0.2) is 0 Å². The highest BCUT2D eigenvalue weighted by molar-refractivity contribution is 5.76. The van der Waals surface area contributed by atoms with Gasteiger partial charge in [-0.3, -0.25) is 14.5 Å². The maximum absolute atomic E-state index is 12.1. The fraction of sp³-hybridized carbons (Fsp3) is 0.579. The number of carbonyl (C=O) groups is 2. The first-order chi connectivity index (χ1) is 11.4. The Kier molecular flexibility index (Phi) is 6.37.